The summed E-state index contributed by atoms with van der Waals surface area (Å²) >= 11 is 0. The summed E-state index contributed by atoms with van der Waals surface area (Å²) in [5.74, 6) is -1.68. The number of carboxylic acids is 1. The molecule has 30 heavy (non-hydrogen) atoms. The number of carbonyl (C=O) groups excluding carboxylic acids is 1. The predicted molar refractivity (Wildman–Crippen MR) is 119 cm³/mol. The molecule has 1 aliphatic carbocycles. The molecule has 2 N–H and O–H groups in total. The zero-order valence-electron chi connectivity index (χ0n) is 18.5. The second kappa shape index (κ2) is 12.4. The molecule has 0 saturated heterocycles. The number of ketones is 1. The SMILES string of the molecule is CCCCCC/C=C/[C@H]1[C@H](CS(C)(=O)=O)CC(=O)[C@@H]1C/C=C\CCC(C)(O)C(=O)O. The van der Waals surface area contributed by atoms with Crippen molar-refractivity contribution < 1.29 is 28.2 Å². The molecule has 1 unspecified atom stereocenters. The molecule has 6 nitrogen and oxygen atoms in total. The number of Topliss-reactive ketones (excluding diaryl/α,β-unsaturated/α-hetero) is 1. The van der Waals surface area contributed by atoms with Crippen molar-refractivity contribution in [2.75, 3.05) is 12.0 Å². The van der Waals surface area contributed by atoms with Crippen molar-refractivity contribution in [3.8, 4) is 0 Å². The first kappa shape index (κ1) is 26.6. The molecular weight excluding hydrogens is 404 g/mol. The van der Waals surface area contributed by atoms with Gasteiger partial charge in [-0.15, -0.1) is 0 Å². The van der Waals surface area contributed by atoms with Crippen LogP contribution in [-0.4, -0.2) is 48.0 Å². The monoisotopic (exact) mass is 442 g/mol. The van der Waals surface area contributed by atoms with Gasteiger partial charge in [-0.25, -0.2) is 13.2 Å². The largest absolute Gasteiger partial charge is 0.479 e. The zero-order chi connectivity index (χ0) is 22.8. The molecule has 0 radical (unpaired) electrons. The van der Waals surface area contributed by atoms with Gasteiger partial charge in [0.25, 0.3) is 0 Å². The van der Waals surface area contributed by atoms with E-state index < -0.39 is 21.4 Å². The first-order valence-electron chi connectivity index (χ1n) is 11.0. The van der Waals surface area contributed by atoms with Gasteiger partial charge in [0, 0.05) is 18.6 Å². The van der Waals surface area contributed by atoms with Crippen LogP contribution in [0.25, 0.3) is 0 Å². The molecule has 0 aromatic heterocycles. The standard InChI is InChI=1S/C23H38O6S/c1-4-5-6-7-8-10-13-19-18(17-30(3,28)29)16-21(24)20(19)14-11-9-12-15-23(2,27)22(25)26/h9-11,13,18-20,27H,4-8,12,14-17H2,1-3H3,(H,25,26)/b11-9-,13-10+/t18-,19-,20+,23?/m0/s1. The second-order valence-electron chi connectivity index (χ2n) is 8.81. The van der Waals surface area contributed by atoms with Crippen LogP contribution >= 0.6 is 0 Å². The third kappa shape index (κ3) is 9.56. The maximum absolute atomic E-state index is 12.6. The topological polar surface area (TPSA) is 109 Å². The van der Waals surface area contributed by atoms with Crippen LogP contribution in [0.15, 0.2) is 24.3 Å². The van der Waals surface area contributed by atoms with E-state index in [1.165, 1.54) is 32.4 Å². The molecule has 1 saturated carbocycles. The van der Waals surface area contributed by atoms with Crippen molar-refractivity contribution in [2.24, 2.45) is 17.8 Å². The molecule has 0 aliphatic heterocycles. The van der Waals surface area contributed by atoms with Crippen molar-refractivity contribution in [1.29, 1.82) is 0 Å². The van der Waals surface area contributed by atoms with E-state index in [4.69, 9.17) is 5.11 Å². The van der Waals surface area contributed by atoms with Gasteiger partial charge in [-0.05, 0) is 50.9 Å². The first-order valence-corrected chi connectivity index (χ1v) is 13.0. The van der Waals surface area contributed by atoms with E-state index in [9.17, 15) is 23.1 Å². The lowest BCUT2D eigenvalue weighted by molar-refractivity contribution is -0.157. The van der Waals surface area contributed by atoms with Crippen LogP contribution in [0.5, 0.6) is 0 Å². The predicted octanol–water partition coefficient (Wildman–Crippen LogP) is 3.94. The van der Waals surface area contributed by atoms with Gasteiger partial charge in [-0.3, -0.25) is 4.79 Å². The van der Waals surface area contributed by atoms with E-state index in [-0.39, 0.29) is 42.1 Å². The fourth-order valence-electron chi connectivity index (χ4n) is 4.00. The Morgan fingerprint density at radius 2 is 1.87 bits per heavy atom. The number of rotatable bonds is 14. The molecule has 7 heteroatoms. The minimum atomic E-state index is -3.17. The van der Waals surface area contributed by atoms with Gasteiger partial charge in [-0.2, -0.15) is 0 Å². The normalized spacial score (nSPS) is 24.7. The number of carboxylic acid groups (broad SMARTS) is 1. The van der Waals surface area contributed by atoms with Crippen LogP contribution in [0, 0.1) is 17.8 Å². The maximum Gasteiger partial charge on any atom is 0.335 e. The van der Waals surface area contributed by atoms with Gasteiger partial charge in [0.1, 0.15) is 15.6 Å². The fraction of sp³-hybridized carbons (Fsp3) is 0.739. The van der Waals surface area contributed by atoms with Crippen LogP contribution in [0.4, 0.5) is 0 Å². The number of sulfone groups is 1. The van der Waals surface area contributed by atoms with Gasteiger partial charge in [-0.1, -0.05) is 50.5 Å². The number of unbranched alkanes of at least 4 members (excludes halogenated alkanes) is 4. The van der Waals surface area contributed by atoms with Crippen molar-refractivity contribution in [3.05, 3.63) is 24.3 Å². The number of hydrogen-bond donors (Lipinski definition) is 2. The molecule has 0 spiro atoms. The van der Waals surface area contributed by atoms with Gasteiger partial charge < -0.3 is 10.2 Å². The number of carbonyl (C=O) groups is 2. The van der Waals surface area contributed by atoms with E-state index in [0.29, 0.717) is 12.8 Å². The minimum Gasteiger partial charge on any atom is -0.479 e. The lowest BCUT2D eigenvalue weighted by Gasteiger charge is -2.19. The number of hydrogen-bond acceptors (Lipinski definition) is 5. The molecular formula is C23H38O6S. The van der Waals surface area contributed by atoms with E-state index in [0.717, 1.165) is 12.8 Å². The average molecular weight is 443 g/mol. The smallest absolute Gasteiger partial charge is 0.335 e. The minimum absolute atomic E-state index is 0.0191. The summed E-state index contributed by atoms with van der Waals surface area (Å²) in [6, 6.07) is 0. The van der Waals surface area contributed by atoms with Crippen LogP contribution in [0.2, 0.25) is 0 Å². The Hall–Kier alpha value is -1.47. The highest BCUT2D eigenvalue weighted by Crippen LogP contribution is 2.38. The van der Waals surface area contributed by atoms with Crippen molar-refractivity contribution in [3.63, 3.8) is 0 Å². The molecule has 0 heterocycles. The average Bonchev–Trinajstić information content (AvgIpc) is 2.90. The summed E-state index contributed by atoms with van der Waals surface area (Å²) in [6.07, 6.45) is 15.8. The third-order valence-electron chi connectivity index (χ3n) is 5.80. The molecule has 1 rings (SSSR count). The Bertz CT molecular complexity index is 720. The van der Waals surface area contributed by atoms with E-state index in [1.54, 1.807) is 6.08 Å². The summed E-state index contributed by atoms with van der Waals surface area (Å²) < 4.78 is 23.6. The van der Waals surface area contributed by atoms with Crippen LogP contribution in [-0.2, 0) is 19.4 Å². The Labute approximate surface area is 181 Å². The zero-order valence-corrected chi connectivity index (χ0v) is 19.4. The molecule has 0 bridgehead atoms. The van der Waals surface area contributed by atoms with E-state index >= 15 is 0 Å². The summed E-state index contributed by atoms with van der Waals surface area (Å²) in [7, 11) is -3.17. The molecule has 172 valence electrons. The Morgan fingerprint density at radius 3 is 2.47 bits per heavy atom. The van der Waals surface area contributed by atoms with E-state index in [2.05, 4.69) is 13.0 Å². The van der Waals surface area contributed by atoms with Crippen LogP contribution in [0.3, 0.4) is 0 Å². The summed E-state index contributed by atoms with van der Waals surface area (Å²) in [4.78, 5) is 23.5. The molecule has 0 aromatic carbocycles. The second-order valence-corrected chi connectivity index (χ2v) is 11.0. The Balaban J connectivity index is 2.74. The number of aliphatic hydroxyl groups is 1. The summed E-state index contributed by atoms with van der Waals surface area (Å²) in [6.45, 7) is 3.43. The van der Waals surface area contributed by atoms with Gasteiger partial charge in [0.05, 0.1) is 5.75 Å². The van der Waals surface area contributed by atoms with Gasteiger partial charge >= 0.3 is 5.97 Å². The highest BCUT2D eigenvalue weighted by molar-refractivity contribution is 7.90. The molecule has 1 fully saturated rings. The third-order valence-corrected chi connectivity index (χ3v) is 6.83. The summed E-state index contributed by atoms with van der Waals surface area (Å²) in [5.41, 5.74) is -1.77. The lowest BCUT2D eigenvalue weighted by Crippen LogP contribution is -2.34. The van der Waals surface area contributed by atoms with Crippen LogP contribution in [0.1, 0.15) is 71.6 Å². The fourth-order valence-corrected chi connectivity index (χ4v) is 5.12. The molecule has 4 atom stereocenters. The first-order chi connectivity index (χ1) is 14.0. The van der Waals surface area contributed by atoms with Gasteiger partial charge in [0.15, 0.2) is 5.60 Å². The maximum atomic E-state index is 12.6. The molecule has 0 amide bonds. The van der Waals surface area contributed by atoms with Gasteiger partial charge in [0.2, 0.25) is 0 Å². The molecule has 0 aromatic rings. The highest BCUT2D eigenvalue weighted by Gasteiger charge is 2.41. The molecule has 1 aliphatic rings. The lowest BCUT2D eigenvalue weighted by atomic mass is 9.87. The number of aliphatic carboxylic acids is 1. The highest BCUT2D eigenvalue weighted by atomic mass is 32.2. The van der Waals surface area contributed by atoms with Crippen molar-refractivity contribution in [2.45, 2.75) is 77.2 Å². The van der Waals surface area contributed by atoms with Crippen molar-refractivity contribution in [1.82, 2.24) is 0 Å². The van der Waals surface area contributed by atoms with Crippen LogP contribution < -0.4 is 0 Å². The Kier molecular flexibility index (Phi) is 11.0. The number of allylic oxidation sites excluding steroid dienone is 4. The quantitative estimate of drug-likeness (QED) is 0.311. The Morgan fingerprint density at radius 1 is 1.17 bits per heavy atom. The van der Waals surface area contributed by atoms with Crippen molar-refractivity contribution >= 4 is 21.6 Å². The summed E-state index contributed by atoms with van der Waals surface area (Å²) in [5, 5.41) is 18.7. The van der Waals surface area contributed by atoms with E-state index in [1.807, 2.05) is 12.2 Å².